The van der Waals surface area contributed by atoms with Crippen LogP contribution in [0.25, 0.3) is 0 Å². The van der Waals surface area contributed by atoms with Gasteiger partial charge < -0.3 is 15.2 Å². The number of ether oxygens (including phenoxy) is 1. The second-order valence-corrected chi connectivity index (χ2v) is 5.75. The van der Waals surface area contributed by atoms with E-state index in [-0.39, 0.29) is 0 Å². The van der Waals surface area contributed by atoms with Gasteiger partial charge in [0, 0.05) is 12.6 Å². The van der Waals surface area contributed by atoms with Crippen molar-refractivity contribution in [1.29, 1.82) is 0 Å². The minimum atomic E-state index is -0.417. The van der Waals surface area contributed by atoms with Gasteiger partial charge in [0.2, 0.25) is 0 Å². The van der Waals surface area contributed by atoms with Gasteiger partial charge >= 0.3 is 0 Å². The summed E-state index contributed by atoms with van der Waals surface area (Å²) < 4.78 is 5.83. The predicted molar refractivity (Wildman–Crippen MR) is 75.6 cm³/mol. The Hall–Kier alpha value is -1.06. The molecule has 0 heterocycles. The standard InChI is InChI=1S/C16H23NO2/c18-14(10-17-13-8-9-13)11-19-16-7-3-5-12-4-1-2-6-15(12)16/h3,5,7,13-14,17-18H,1-2,4,6,8-11H2. The largest absolute Gasteiger partial charge is 0.491 e. The summed E-state index contributed by atoms with van der Waals surface area (Å²) >= 11 is 0. The Morgan fingerprint density at radius 3 is 2.95 bits per heavy atom. The average molecular weight is 261 g/mol. The SMILES string of the molecule is OC(CNC1CC1)COc1cccc2c1CCCC2. The number of rotatable bonds is 6. The maximum Gasteiger partial charge on any atom is 0.122 e. The highest BCUT2D eigenvalue weighted by molar-refractivity contribution is 5.41. The zero-order valence-corrected chi connectivity index (χ0v) is 11.4. The third-order valence-electron chi connectivity index (χ3n) is 4.00. The molecule has 3 heteroatoms. The molecule has 1 unspecified atom stereocenters. The summed E-state index contributed by atoms with van der Waals surface area (Å²) in [4.78, 5) is 0. The highest BCUT2D eigenvalue weighted by Crippen LogP contribution is 2.29. The minimum Gasteiger partial charge on any atom is -0.491 e. The van der Waals surface area contributed by atoms with Crippen molar-refractivity contribution in [2.45, 2.75) is 50.7 Å². The zero-order chi connectivity index (χ0) is 13.1. The molecule has 1 atom stereocenters. The maximum absolute atomic E-state index is 9.90. The highest BCUT2D eigenvalue weighted by atomic mass is 16.5. The van der Waals surface area contributed by atoms with E-state index in [1.807, 2.05) is 6.07 Å². The Bertz CT molecular complexity index is 429. The van der Waals surface area contributed by atoms with E-state index in [2.05, 4.69) is 17.4 Å². The summed E-state index contributed by atoms with van der Waals surface area (Å²) in [5, 5.41) is 13.2. The van der Waals surface area contributed by atoms with Crippen LogP contribution in [0.2, 0.25) is 0 Å². The first-order chi connectivity index (χ1) is 9.33. The van der Waals surface area contributed by atoms with Crippen LogP contribution in [0.4, 0.5) is 0 Å². The van der Waals surface area contributed by atoms with Crippen molar-refractivity contribution in [1.82, 2.24) is 5.32 Å². The van der Waals surface area contributed by atoms with E-state index in [0.29, 0.717) is 19.2 Å². The van der Waals surface area contributed by atoms with E-state index in [0.717, 1.165) is 12.2 Å². The van der Waals surface area contributed by atoms with Gasteiger partial charge in [0.05, 0.1) is 0 Å². The molecule has 0 radical (unpaired) electrons. The highest BCUT2D eigenvalue weighted by Gasteiger charge is 2.21. The van der Waals surface area contributed by atoms with Crippen LogP contribution < -0.4 is 10.1 Å². The number of aliphatic hydroxyl groups is 1. The Labute approximate surface area is 115 Å². The van der Waals surface area contributed by atoms with Crippen molar-refractivity contribution in [3.05, 3.63) is 29.3 Å². The zero-order valence-electron chi connectivity index (χ0n) is 11.4. The molecule has 0 aromatic heterocycles. The number of aryl methyl sites for hydroxylation is 1. The number of hydrogen-bond acceptors (Lipinski definition) is 3. The predicted octanol–water partition coefficient (Wildman–Crippen LogP) is 2.06. The molecule has 2 aliphatic rings. The molecule has 104 valence electrons. The molecule has 2 N–H and O–H groups in total. The van der Waals surface area contributed by atoms with Gasteiger partial charge in [-0.2, -0.15) is 0 Å². The van der Waals surface area contributed by atoms with Gasteiger partial charge in [0.25, 0.3) is 0 Å². The Kier molecular flexibility index (Phi) is 4.04. The number of hydrogen-bond donors (Lipinski definition) is 2. The first kappa shape index (κ1) is 12.9. The van der Waals surface area contributed by atoms with Crippen molar-refractivity contribution in [2.24, 2.45) is 0 Å². The van der Waals surface area contributed by atoms with E-state index in [4.69, 9.17) is 4.74 Å². The molecule has 0 amide bonds. The molecular formula is C16H23NO2. The smallest absolute Gasteiger partial charge is 0.122 e. The lowest BCUT2D eigenvalue weighted by Crippen LogP contribution is -2.32. The lowest BCUT2D eigenvalue weighted by Gasteiger charge is -2.20. The van der Waals surface area contributed by atoms with Crippen LogP contribution in [-0.2, 0) is 12.8 Å². The molecule has 0 saturated heterocycles. The van der Waals surface area contributed by atoms with E-state index < -0.39 is 6.10 Å². The molecule has 3 rings (SSSR count). The molecule has 3 nitrogen and oxygen atoms in total. The summed E-state index contributed by atoms with van der Waals surface area (Å²) in [5.41, 5.74) is 2.78. The molecule has 1 saturated carbocycles. The fourth-order valence-electron chi connectivity index (χ4n) is 2.72. The van der Waals surface area contributed by atoms with E-state index in [1.165, 1.54) is 43.2 Å². The second kappa shape index (κ2) is 5.93. The quantitative estimate of drug-likeness (QED) is 0.823. The number of aliphatic hydroxyl groups excluding tert-OH is 1. The lowest BCUT2D eigenvalue weighted by atomic mass is 9.91. The number of nitrogens with one attached hydrogen (secondary N) is 1. The van der Waals surface area contributed by atoms with Crippen LogP contribution >= 0.6 is 0 Å². The Balaban J connectivity index is 1.53. The van der Waals surface area contributed by atoms with Crippen LogP contribution in [0, 0.1) is 0 Å². The van der Waals surface area contributed by atoms with Crippen LogP contribution in [0.15, 0.2) is 18.2 Å². The third kappa shape index (κ3) is 3.48. The monoisotopic (exact) mass is 261 g/mol. The molecule has 0 aliphatic heterocycles. The van der Waals surface area contributed by atoms with Crippen molar-refractivity contribution < 1.29 is 9.84 Å². The van der Waals surface area contributed by atoms with Crippen LogP contribution in [-0.4, -0.2) is 30.4 Å². The number of fused-ring (bicyclic) bond motifs is 1. The molecular weight excluding hydrogens is 238 g/mol. The van der Waals surface area contributed by atoms with Crippen molar-refractivity contribution in [2.75, 3.05) is 13.2 Å². The minimum absolute atomic E-state index is 0.385. The van der Waals surface area contributed by atoms with Gasteiger partial charge in [0.1, 0.15) is 18.5 Å². The van der Waals surface area contributed by atoms with Gasteiger partial charge in [0.15, 0.2) is 0 Å². The summed E-state index contributed by atoms with van der Waals surface area (Å²) in [6.45, 7) is 1.02. The molecule has 2 aliphatic carbocycles. The fourth-order valence-corrected chi connectivity index (χ4v) is 2.72. The van der Waals surface area contributed by atoms with E-state index in [9.17, 15) is 5.11 Å². The van der Waals surface area contributed by atoms with Crippen molar-refractivity contribution >= 4 is 0 Å². The molecule has 0 spiro atoms. The fraction of sp³-hybridized carbons (Fsp3) is 0.625. The topological polar surface area (TPSA) is 41.5 Å². The normalized spacial score (nSPS) is 19.8. The summed E-state index contributed by atoms with van der Waals surface area (Å²) in [6.07, 6.45) is 6.89. The molecule has 19 heavy (non-hydrogen) atoms. The third-order valence-corrected chi connectivity index (χ3v) is 4.00. The first-order valence-corrected chi connectivity index (χ1v) is 7.48. The second-order valence-electron chi connectivity index (χ2n) is 5.75. The van der Waals surface area contributed by atoms with E-state index >= 15 is 0 Å². The van der Waals surface area contributed by atoms with Crippen LogP contribution in [0.5, 0.6) is 5.75 Å². The van der Waals surface area contributed by atoms with Gasteiger partial charge in [-0.3, -0.25) is 0 Å². The summed E-state index contributed by atoms with van der Waals surface area (Å²) in [5.74, 6) is 0.975. The summed E-state index contributed by atoms with van der Waals surface area (Å²) in [7, 11) is 0. The molecule has 1 fully saturated rings. The number of benzene rings is 1. The van der Waals surface area contributed by atoms with Gasteiger partial charge in [-0.05, 0) is 55.7 Å². The van der Waals surface area contributed by atoms with Crippen molar-refractivity contribution in [3.8, 4) is 5.75 Å². The van der Waals surface area contributed by atoms with Gasteiger partial charge in [-0.1, -0.05) is 12.1 Å². The Morgan fingerprint density at radius 1 is 1.26 bits per heavy atom. The van der Waals surface area contributed by atoms with Crippen LogP contribution in [0.1, 0.15) is 36.8 Å². The molecule has 0 bridgehead atoms. The lowest BCUT2D eigenvalue weighted by molar-refractivity contribution is 0.105. The van der Waals surface area contributed by atoms with E-state index in [1.54, 1.807) is 0 Å². The average Bonchev–Trinajstić information content (AvgIpc) is 3.27. The maximum atomic E-state index is 9.90. The van der Waals surface area contributed by atoms with Gasteiger partial charge in [-0.25, -0.2) is 0 Å². The summed E-state index contributed by atoms with van der Waals surface area (Å²) in [6, 6.07) is 6.94. The van der Waals surface area contributed by atoms with Crippen LogP contribution in [0.3, 0.4) is 0 Å². The first-order valence-electron chi connectivity index (χ1n) is 7.48. The Morgan fingerprint density at radius 2 is 2.11 bits per heavy atom. The molecule has 1 aromatic rings. The van der Waals surface area contributed by atoms with Gasteiger partial charge in [-0.15, -0.1) is 0 Å². The van der Waals surface area contributed by atoms with Crippen molar-refractivity contribution in [3.63, 3.8) is 0 Å². The molecule has 1 aromatic carbocycles.